The van der Waals surface area contributed by atoms with Crippen LogP contribution in [0, 0.1) is 0 Å². The molecule has 8 nitrogen and oxygen atoms in total. The summed E-state index contributed by atoms with van der Waals surface area (Å²) in [6, 6.07) is 8.69. The van der Waals surface area contributed by atoms with Gasteiger partial charge in [0, 0.05) is 12.0 Å². The van der Waals surface area contributed by atoms with Gasteiger partial charge in [-0.1, -0.05) is 30.6 Å². The molecule has 1 amide bonds. The number of hydrogen-bond acceptors (Lipinski definition) is 8. The molecule has 3 aromatic rings. The predicted molar refractivity (Wildman–Crippen MR) is 109 cm³/mol. The Morgan fingerprint density at radius 1 is 1.10 bits per heavy atom. The number of rotatable bonds is 6. The Kier molecular flexibility index (Phi) is 5.27. The van der Waals surface area contributed by atoms with Crippen molar-refractivity contribution in [3.63, 3.8) is 0 Å². The fraction of sp³-hybridized carbons (Fsp3) is 0.381. The number of aromatic nitrogens is 2. The molecular weight excluding hydrogens is 406 g/mol. The first kappa shape index (κ1) is 18.9. The number of carbonyl (C=O) groups is 1. The summed E-state index contributed by atoms with van der Waals surface area (Å²) >= 11 is 1.44. The standard InChI is InChI=1S/C21H21N3O5S/c25-19(22-21-24-23-20(30-21)13-4-2-1-3-5-13)17-9-7-15(29-17)11-26-14-6-8-16-18(10-14)28-12-27-16/h6-10,13H,1-5,11-12H2,(H,22,24,25). The van der Waals surface area contributed by atoms with Crippen LogP contribution in [0.15, 0.2) is 34.7 Å². The van der Waals surface area contributed by atoms with Crippen molar-refractivity contribution in [1.82, 2.24) is 10.2 Å². The van der Waals surface area contributed by atoms with Gasteiger partial charge in [0.25, 0.3) is 5.91 Å². The summed E-state index contributed by atoms with van der Waals surface area (Å²) in [6.07, 6.45) is 6.05. The van der Waals surface area contributed by atoms with Crippen LogP contribution >= 0.6 is 11.3 Å². The molecule has 2 aromatic heterocycles. The third-order valence-corrected chi connectivity index (χ3v) is 6.23. The van der Waals surface area contributed by atoms with Crippen LogP contribution in [0.25, 0.3) is 0 Å². The van der Waals surface area contributed by atoms with Crippen LogP contribution in [0.1, 0.15) is 59.3 Å². The van der Waals surface area contributed by atoms with Crippen molar-refractivity contribution in [2.24, 2.45) is 0 Å². The molecule has 156 valence electrons. The Morgan fingerprint density at radius 2 is 1.97 bits per heavy atom. The Hall–Kier alpha value is -3.07. The number of hydrogen-bond donors (Lipinski definition) is 1. The molecule has 0 saturated heterocycles. The highest BCUT2D eigenvalue weighted by molar-refractivity contribution is 7.15. The van der Waals surface area contributed by atoms with E-state index in [9.17, 15) is 4.79 Å². The van der Waals surface area contributed by atoms with Crippen molar-refractivity contribution in [3.05, 3.63) is 46.9 Å². The summed E-state index contributed by atoms with van der Waals surface area (Å²) in [4.78, 5) is 12.5. The van der Waals surface area contributed by atoms with Crippen molar-refractivity contribution < 1.29 is 23.4 Å². The van der Waals surface area contributed by atoms with Gasteiger partial charge in [-0.3, -0.25) is 10.1 Å². The van der Waals surface area contributed by atoms with Gasteiger partial charge in [-0.15, -0.1) is 10.2 Å². The molecule has 1 aliphatic heterocycles. The fourth-order valence-electron chi connectivity index (χ4n) is 3.66. The first-order valence-electron chi connectivity index (χ1n) is 10.0. The highest BCUT2D eigenvalue weighted by Crippen LogP contribution is 2.36. The van der Waals surface area contributed by atoms with Crippen molar-refractivity contribution >= 4 is 22.4 Å². The van der Waals surface area contributed by atoms with Crippen molar-refractivity contribution in [2.45, 2.75) is 44.6 Å². The molecule has 1 aliphatic carbocycles. The second-order valence-electron chi connectivity index (χ2n) is 7.30. The summed E-state index contributed by atoms with van der Waals surface area (Å²) in [5, 5.41) is 12.7. The van der Waals surface area contributed by atoms with Gasteiger partial charge in [0.2, 0.25) is 11.9 Å². The van der Waals surface area contributed by atoms with Gasteiger partial charge < -0.3 is 18.6 Å². The SMILES string of the molecule is O=C(Nc1nnc(C2CCCCC2)s1)c1ccc(COc2ccc3c(c2)OCO3)o1. The lowest BCUT2D eigenvalue weighted by Gasteiger charge is -2.18. The zero-order valence-corrected chi connectivity index (χ0v) is 17.1. The lowest BCUT2D eigenvalue weighted by molar-refractivity contribution is 0.0992. The molecule has 1 saturated carbocycles. The topological polar surface area (TPSA) is 95.7 Å². The molecule has 5 rings (SSSR count). The molecule has 2 aliphatic rings. The largest absolute Gasteiger partial charge is 0.486 e. The van der Waals surface area contributed by atoms with E-state index in [1.807, 2.05) is 0 Å². The van der Waals surface area contributed by atoms with Crippen LogP contribution in [0.4, 0.5) is 5.13 Å². The molecule has 1 aromatic carbocycles. The van der Waals surface area contributed by atoms with Gasteiger partial charge in [0.1, 0.15) is 23.1 Å². The van der Waals surface area contributed by atoms with E-state index in [4.69, 9.17) is 18.6 Å². The van der Waals surface area contributed by atoms with E-state index in [-0.39, 0.29) is 25.1 Å². The Morgan fingerprint density at radius 3 is 2.87 bits per heavy atom. The van der Waals surface area contributed by atoms with E-state index in [1.54, 1.807) is 30.3 Å². The summed E-state index contributed by atoms with van der Waals surface area (Å²) in [7, 11) is 0. The second-order valence-corrected chi connectivity index (χ2v) is 8.31. The minimum absolute atomic E-state index is 0.192. The van der Waals surface area contributed by atoms with E-state index in [0.29, 0.717) is 34.1 Å². The number of furan rings is 1. The van der Waals surface area contributed by atoms with Gasteiger partial charge in [-0.25, -0.2) is 0 Å². The normalized spacial score (nSPS) is 15.9. The molecule has 1 fully saturated rings. The highest BCUT2D eigenvalue weighted by Gasteiger charge is 2.21. The van der Waals surface area contributed by atoms with E-state index in [0.717, 1.165) is 17.8 Å². The molecule has 0 spiro atoms. The Bertz CT molecular complexity index is 1040. The minimum atomic E-state index is -0.351. The number of nitrogens with one attached hydrogen (secondary N) is 1. The average molecular weight is 427 g/mol. The molecule has 0 bridgehead atoms. The summed E-state index contributed by atoms with van der Waals surface area (Å²) in [5.74, 6) is 2.83. The molecule has 1 N–H and O–H groups in total. The van der Waals surface area contributed by atoms with Crippen molar-refractivity contribution in [1.29, 1.82) is 0 Å². The molecule has 9 heteroatoms. The number of ether oxygens (including phenoxy) is 3. The summed E-state index contributed by atoms with van der Waals surface area (Å²) in [5.41, 5.74) is 0. The fourth-order valence-corrected chi connectivity index (χ4v) is 4.56. The van der Waals surface area contributed by atoms with Crippen molar-refractivity contribution in [3.8, 4) is 17.2 Å². The quantitative estimate of drug-likeness (QED) is 0.607. The van der Waals surface area contributed by atoms with Gasteiger partial charge in [-0.2, -0.15) is 0 Å². The summed E-state index contributed by atoms with van der Waals surface area (Å²) < 4.78 is 22.0. The first-order valence-corrected chi connectivity index (χ1v) is 10.8. The maximum atomic E-state index is 12.5. The lowest BCUT2D eigenvalue weighted by atomic mass is 9.90. The molecular formula is C21H21N3O5S. The van der Waals surface area contributed by atoms with E-state index >= 15 is 0 Å². The number of nitrogens with zero attached hydrogens (tertiary/aromatic N) is 2. The maximum absolute atomic E-state index is 12.5. The predicted octanol–water partition coefficient (Wildman–Crippen LogP) is 4.74. The van der Waals surface area contributed by atoms with Gasteiger partial charge in [-0.05, 0) is 37.1 Å². The van der Waals surface area contributed by atoms with Crippen LogP contribution in [0.3, 0.4) is 0 Å². The first-order chi connectivity index (χ1) is 14.7. The minimum Gasteiger partial charge on any atom is -0.486 e. The van der Waals surface area contributed by atoms with Crippen LogP contribution in [-0.4, -0.2) is 22.9 Å². The van der Waals surface area contributed by atoms with E-state index < -0.39 is 0 Å². The van der Waals surface area contributed by atoms with Crippen LogP contribution in [0.5, 0.6) is 17.2 Å². The smallest absolute Gasteiger partial charge is 0.293 e. The average Bonchev–Trinajstić information content (AvgIpc) is 3.53. The zero-order chi connectivity index (χ0) is 20.3. The molecule has 30 heavy (non-hydrogen) atoms. The van der Waals surface area contributed by atoms with Crippen LogP contribution in [0.2, 0.25) is 0 Å². The molecule has 0 radical (unpaired) electrons. The number of amides is 1. The second kappa shape index (κ2) is 8.35. The Labute approximate surface area is 177 Å². The molecule has 3 heterocycles. The number of fused-ring (bicyclic) bond motifs is 1. The van der Waals surface area contributed by atoms with Crippen LogP contribution in [-0.2, 0) is 6.61 Å². The number of benzene rings is 1. The van der Waals surface area contributed by atoms with E-state index in [1.165, 1.54) is 30.6 Å². The van der Waals surface area contributed by atoms with Gasteiger partial charge >= 0.3 is 0 Å². The van der Waals surface area contributed by atoms with E-state index in [2.05, 4.69) is 15.5 Å². The lowest BCUT2D eigenvalue weighted by Crippen LogP contribution is -2.10. The third-order valence-electron chi connectivity index (χ3n) is 5.23. The highest BCUT2D eigenvalue weighted by atomic mass is 32.1. The maximum Gasteiger partial charge on any atom is 0.293 e. The van der Waals surface area contributed by atoms with Crippen molar-refractivity contribution in [2.75, 3.05) is 12.1 Å². The number of anilines is 1. The molecule has 0 atom stereocenters. The number of carbonyl (C=O) groups excluding carboxylic acids is 1. The molecule has 0 unspecified atom stereocenters. The van der Waals surface area contributed by atoms with Gasteiger partial charge in [0.15, 0.2) is 17.3 Å². The zero-order valence-electron chi connectivity index (χ0n) is 16.3. The van der Waals surface area contributed by atoms with Crippen LogP contribution < -0.4 is 19.5 Å². The van der Waals surface area contributed by atoms with Gasteiger partial charge in [0.05, 0.1) is 0 Å². The third kappa shape index (κ3) is 4.11. The summed E-state index contributed by atoms with van der Waals surface area (Å²) in [6.45, 7) is 0.407. The monoisotopic (exact) mass is 427 g/mol. The Balaban J connectivity index is 1.17.